The summed E-state index contributed by atoms with van der Waals surface area (Å²) in [5, 5.41) is 10.6. The molecule has 0 saturated heterocycles. The summed E-state index contributed by atoms with van der Waals surface area (Å²) in [5.41, 5.74) is 0. The lowest BCUT2D eigenvalue weighted by molar-refractivity contribution is -0.161. The van der Waals surface area contributed by atoms with Gasteiger partial charge in [0, 0.05) is 25.7 Å². The molecule has 0 rings (SSSR count). The van der Waals surface area contributed by atoms with Crippen molar-refractivity contribution >= 4 is 39.5 Å². The van der Waals surface area contributed by atoms with Crippen LogP contribution in [0, 0.1) is 0 Å². The van der Waals surface area contributed by atoms with Gasteiger partial charge in [0.2, 0.25) is 0 Å². The van der Waals surface area contributed by atoms with Crippen LogP contribution in [0.5, 0.6) is 0 Å². The van der Waals surface area contributed by atoms with Crippen LogP contribution >= 0.6 is 15.6 Å². The highest BCUT2D eigenvalue weighted by Gasteiger charge is 2.30. The molecule has 0 bridgehead atoms. The quantitative estimate of drug-likeness (QED) is 0.0169. The Morgan fingerprint density at radius 1 is 0.279 bits per heavy atom. The number of hydrogen-bond acceptors (Lipinski definition) is 15. The molecule has 5 atom stereocenters. The van der Waals surface area contributed by atoms with Crippen LogP contribution in [0.3, 0.4) is 0 Å². The van der Waals surface area contributed by atoms with Gasteiger partial charge in [-0.2, -0.15) is 0 Å². The highest BCUT2D eigenvalue weighted by Crippen LogP contribution is 2.45. The molecule has 104 heavy (non-hydrogen) atoms. The number of aliphatic hydroxyl groups excluding tert-OH is 1. The number of allylic oxidation sites excluding steroid dienone is 30. The van der Waals surface area contributed by atoms with Gasteiger partial charge in [0.05, 0.1) is 26.4 Å². The molecule has 19 heteroatoms. The third-order valence-electron chi connectivity index (χ3n) is 15.3. The van der Waals surface area contributed by atoms with Gasteiger partial charge in [-0.1, -0.05) is 268 Å². The molecule has 0 aromatic carbocycles. The van der Waals surface area contributed by atoms with Gasteiger partial charge in [-0.15, -0.1) is 0 Å². The van der Waals surface area contributed by atoms with Gasteiger partial charge in [-0.25, -0.2) is 9.13 Å². The van der Waals surface area contributed by atoms with Crippen LogP contribution in [0.25, 0.3) is 0 Å². The number of carbonyl (C=O) groups excluding carboxylic acids is 4. The van der Waals surface area contributed by atoms with Crippen molar-refractivity contribution < 1.29 is 80.2 Å². The van der Waals surface area contributed by atoms with E-state index in [0.29, 0.717) is 38.5 Å². The topological polar surface area (TPSA) is 237 Å². The number of phosphoric ester groups is 2. The Labute approximate surface area is 628 Å². The first kappa shape index (κ1) is 98.2. The Morgan fingerprint density at radius 3 is 0.846 bits per heavy atom. The summed E-state index contributed by atoms with van der Waals surface area (Å²) >= 11 is 0. The highest BCUT2D eigenvalue weighted by atomic mass is 31.2. The number of phosphoric acid groups is 2. The Bertz CT molecular complexity index is 2690. The normalized spacial score (nSPS) is 14.9. The Hall–Kier alpha value is -5.84. The number of unbranched alkanes of at least 4 members (excludes halogenated alkanes) is 15. The van der Waals surface area contributed by atoms with Crippen molar-refractivity contribution in [1.29, 1.82) is 0 Å². The molecule has 0 amide bonds. The van der Waals surface area contributed by atoms with Gasteiger partial charge in [-0.3, -0.25) is 37.3 Å². The molecule has 0 saturated carbocycles. The predicted molar refractivity (Wildman–Crippen MR) is 426 cm³/mol. The van der Waals surface area contributed by atoms with Crippen LogP contribution in [0.15, 0.2) is 182 Å². The van der Waals surface area contributed by atoms with E-state index in [4.69, 9.17) is 37.0 Å². The average Bonchev–Trinajstić information content (AvgIpc) is 0.939. The largest absolute Gasteiger partial charge is 0.472 e. The summed E-state index contributed by atoms with van der Waals surface area (Å²) < 4.78 is 68.4. The summed E-state index contributed by atoms with van der Waals surface area (Å²) in [6.07, 6.45) is 90.4. The number of esters is 4. The second-order valence-corrected chi connectivity index (χ2v) is 28.1. The van der Waals surface area contributed by atoms with E-state index in [1.165, 1.54) is 0 Å². The minimum absolute atomic E-state index is 0.0257. The molecule has 5 unspecified atom stereocenters. The number of hydrogen-bond donors (Lipinski definition) is 3. The zero-order valence-electron chi connectivity index (χ0n) is 64.1. The standard InChI is InChI=1S/C85H136O17P2/c1-5-9-13-17-21-25-29-33-36-38-39-41-44-47-50-54-58-62-66-70-83(88)95-75-80(101-84(89)71-67-63-59-55-51-45-32-28-24-20-16-12-8-4)77-99-103(91,92)97-73-79(86)74-98-104(93,94)100-78-81(102-85(90)72-68-64-60-56-52-48-42-35-31-27-23-19-15-11-7-3)76-96-82(87)69-65-61-57-53-49-46-43-40-37-34-30-26-22-18-14-10-6-2/h9-11,13-16,20-23,25-28,32-37,39,41-42,47,50,52,56,58,62,79-81,86H,5-8,12,17-19,24,29-31,38,40,43-46,48-49,51,53-55,57,59-61,63-78H2,1-4H3,(H,91,92)(H,93,94)/b13-9-,14-10-,15-11-,20-16-,25-21-,26-22-,27-23-,32-28-,36-33-,37-34-,41-39-,42-35-,50-47-,56-52-,62-58-. The van der Waals surface area contributed by atoms with Crippen molar-refractivity contribution in [2.24, 2.45) is 0 Å². The lowest BCUT2D eigenvalue weighted by Crippen LogP contribution is -2.30. The summed E-state index contributed by atoms with van der Waals surface area (Å²) in [6, 6.07) is 0. The fraction of sp³-hybridized carbons (Fsp3) is 0.600. The molecule has 0 aliphatic heterocycles. The molecule has 588 valence electrons. The van der Waals surface area contributed by atoms with Gasteiger partial charge >= 0.3 is 39.5 Å². The van der Waals surface area contributed by atoms with Crippen LogP contribution < -0.4 is 0 Å². The zero-order chi connectivity index (χ0) is 76.0. The maximum Gasteiger partial charge on any atom is 0.472 e. The number of rotatable bonds is 71. The van der Waals surface area contributed by atoms with Crippen LogP contribution in [0.4, 0.5) is 0 Å². The van der Waals surface area contributed by atoms with E-state index in [1.807, 2.05) is 18.2 Å². The van der Waals surface area contributed by atoms with E-state index in [2.05, 4.69) is 192 Å². The molecule has 0 aromatic heterocycles. The molecule has 0 aliphatic rings. The van der Waals surface area contributed by atoms with E-state index in [1.54, 1.807) is 0 Å². The fourth-order valence-corrected chi connectivity index (χ4v) is 11.1. The van der Waals surface area contributed by atoms with Crippen LogP contribution in [-0.4, -0.2) is 96.7 Å². The number of aliphatic hydroxyl groups is 1. The summed E-state index contributed by atoms with van der Waals surface area (Å²) in [5.74, 6) is -2.37. The highest BCUT2D eigenvalue weighted by molar-refractivity contribution is 7.47. The van der Waals surface area contributed by atoms with E-state index < -0.39 is 97.5 Å². The van der Waals surface area contributed by atoms with Crippen LogP contribution in [0.2, 0.25) is 0 Å². The third kappa shape index (κ3) is 74.4. The van der Waals surface area contributed by atoms with Gasteiger partial charge in [0.1, 0.15) is 19.3 Å². The zero-order valence-corrected chi connectivity index (χ0v) is 65.9. The first-order valence-corrected chi connectivity index (χ1v) is 42.0. The SMILES string of the molecule is CC/C=C\C/C=C\C/C=C\C/C=C\C/C=C\C/C=C\CCC(=O)OCC(COP(=O)(O)OCC(O)COP(=O)(O)OCC(COC(=O)CCCCCCCCC/C=C\C/C=C\C/C=C\CC)OC(=O)CCCC/C=C\C/C=C\C/C=C\C/C=C\CC)OC(=O)CCCCCCC/C=C\C/C=C\CCC. The maximum atomic E-state index is 13.1. The molecule has 0 spiro atoms. The Morgan fingerprint density at radius 2 is 0.519 bits per heavy atom. The van der Waals surface area contributed by atoms with E-state index in [0.717, 1.165) is 180 Å². The smallest absolute Gasteiger partial charge is 0.462 e. The van der Waals surface area contributed by atoms with Crippen molar-refractivity contribution in [1.82, 2.24) is 0 Å². The molecule has 3 N–H and O–H groups in total. The Kier molecular flexibility index (Phi) is 71.2. The lowest BCUT2D eigenvalue weighted by Gasteiger charge is -2.21. The van der Waals surface area contributed by atoms with Gasteiger partial charge in [-0.05, 0) is 161 Å². The lowest BCUT2D eigenvalue weighted by atomic mass is 10.1. The molecule has 0 aliphatic carbocycles. The predicted octanol–water partition coefficient (Wildman–Crippen LogP) is 22.8. The minimum atomic E-state index is -5.01. The van der Waals surface area contributed by atoms with E-state index in [-0.39, 0.29) is 25.7 Å². The Balaban J connectivity index is 5.47. The molecule has 0 aromatic rings. The van der Waals surface area contributed by atoms with Crippen molar-refractivity contribution in [2.45, 2.75) is 290 Å². The summed E-state index contributed by atoms with van der Waals surface area (Å²) in [4.78, 5) is 72.9. The molecule has 0 radical (unpaired) electrons. The van der Waals surface area contributed by atoms with Crippen molar-refractivity contribution in [2.75, 3.05) is 39.6 Å². The third-order valence-corrected chi connectivity index (χ3v) is 17.2. The maximum absolute atomic E-state index is 13.1. The first-order chi connectivity index (χ1) is 50.7. The monoisotopic (exact) mass is 1490 g/mol. The number of ether oxygens (including phenoxy) is 4. The summed E-state index contributed by atoms with van der Waals surface area (Å²) in [6.45, 7) is 4.28. The van der Waals surface area contributed by atoms with Crippen molar-refractivity contribution in [3.05, 3.63) is 182 Å². The van der Waals surface area contributed by atoms with Gasteiger partial charge < -0.3 is 33.8 Å². The van der Waals surface area contributed by atoms with Crippen molar-refractivity contribution in [3.63, 3.8) is 0 Å². The van der Waals surface area contributed by atoms with Gasteiger partial charge in [0.15, 0.2) is 12.2 Å². The molecular weight excluding hydrogens is 1350 g/mol. The second kappa shape index (κ2) is 75.4. The van der Waals surface area contributed by atoms with E-state index in [9.17, 15) is 43.2 Å². The second-order valence-electron chi connectivity index (χ2n) is 25.1. The number of carbonyl (C=O) groups is 4. The fourth-order valence-electron chi connectivity index (χ4n) is 9.52. The molecule has 0 heterocycles. The average molecular weight is 1490 g/mol. The van der Waals surface area contributed by atoms with Crippen molar-refractivity contribution in [3.8, 4) is 0 Å². The molecule has 17 nitrogen and oxygen atoms in total. The van der Waals surface area contributed by atoms with Gasteiger partial charge in [0.25, 0.3) is 0 Å². The summed E-state index contributed by atoms with van der Waals surface area (Å²) in [7, 11) is -10.0. The minimum Gasteiger partial charge on any atom is -0.462 e. The molecule has 0 fully saturated rings. The van der Waals surface area contributed by atoms with Crippen LogP contribution in [-0.2, 0) is 65.4 Å². The molecular formula is C85H136O17P2. The van der Waals surface area contributed by atoms with E-state index >= 15 is 0 Å². The first-order valence-electron chi connectivity index (χ1n) is 39.0. The van der Waals surface area contributed by atoms with Crippen LogP contribution in [0.1, 0.15) is 272 Å².